The van der Waals surface area contributed by atoms with E-state index in [0.717, 1.165) is 66.0 Å². The van der Waals surface area contributed by atoms with Crippen LogP contribution in [0.2, 0.25) is 0 Å². The smallest absolute Gasteiger partial charge is 0.238 e. The Hall–Kier alpha value is -8.19. The van der Waals surface area contributed by atoms with E-state index in [1.54, 1.807) is 0 Å². The third-order valence-corrected chi connectivity index (χ3v) is 17.2. The van der Waals surface area contributed by atoms with Crippen molar-refractivity contribution in [3.05, 3.63) is 231 Å². The Kier molecular flexibility index (Phi) is 8.76. The van der Waals surface area contributed by atoms with Gasteiger partial charge in [-0.3, -0.25) is 4.57 Å². The fourth-order valence-corrected chi connectivity index (χ4v) is 14.5. The van der Waals surface area contributed by atoms with E-state index in [1.807, 2.05) is 18.2 Å². The molecule has 0 aliphatic carbocycles. The van der Waals surface area contributed by atoms with Gasteiger partial charge >= 0.3 is 0 Å². The van der Waals surface area contributed by atoms with Crippen LogP contribution >= 0.6 is 0 Å². The van der Waals surface area contributed by atoms with E-state index < -0.39 is 8.07 Å². The first kappa shape index (κ1) is 36.6. The van der Waals surface area contributed by atoms with Crippen molar-refractivity contribution in [2.45, 2.75) is 0 Å². The fraction of sp³-hybridized carbons (Fsp3) is 0. The molecule has 296 valence electrons. The first-order chi connectivity index (χ1) is 31.3. The summed E-state index contributed by atoms with van der Waals surface area (Å²) >= 11 is 0. The van der Waals surface area contributed by atoms with E-state index in [9.17, 15) is 0 Å². The molecular formula is C57H38N4OSi. The van der Waals surface area contributed by atoms with Crippen molar-refractivity contribution in [3.63, 3.8) is 0 Å². The Bertz CT molecular complexity index is 3530. The molecule has 63 heavy (non-hydrogen) atoms. The monoisotopic (exact) mass is 822 g/mol. The van der Waals surface area contributed by atoms with Gasteiger partial charge in [-0.05, 0) is 56.1 Å². The van der Waals surface area contributed by atoms with Crippen LogP contribution in [0.15, 0.2) is 235 Å². The van der Waals surface area contributed by atoms with E-state index in [-0.39, 0.29) is 0 Å². The second-order valence-corrected chi connectivity index (χ2v) is 19.7. The predicted octanol–water partition coefficient (Wildman–Crippen LogP) is 11.2. The molecule has 0 radical (unpaired) electrons. The molecule has 0 aliphatic heterocycles. The highest BCUT2D eigenvalue weighted by Crippen LogP contribution is 2.39. The van der Waals surface area contributed by atoms with Crippen molar-refractivity contribution in [1.29, 1.82) is 0 Å². The van der Waals surface area contributed by atoms with Crippen molar-refractivity contribution in [2.75, 3.05) is 0 Å². The molecule has 12 rings (SSSR count). The lowest BCUT2D eigenvalue weighted by atomic mass is 9.99. The molecular weight excluding hydrogens is 785 g/mol. The standard InChI is InChI=1S/C57H38N4OSi/c1-5-20-39(21-6-1)45-32-19-36-51-53(45)48-31-13-15-35-50(48)61(51)57-59-55(58-56(60-57)49-34-18-33-47-46-30-14-16-37-52(46)62-54(47)49)40-22-17-29-44(38-40)63(41-23-7-2-8-24-41,42-25-9-3-10-26-42)43-27-11-4-12-28-43/h1-38H. The van der Waals surface area contributed by atoms with E-state index >= 15 is 0 Å². The lowest BCUT2D eigenvalue weighted by molar-refractivity contribution is 0.669. The van der Waals surface area contributed by atoms with Crippen molar-refractivity contribution in [3.8, 4) is 39.9 Å². The second-order valence-electron chi connectivity index (χ2n) is 15.9. The van der Waals surface area contributed by atoms with Gasteiger partial charge in [0.1, 0.15) is 11.2 Å². The van der Waals surface area contributed by atoms with Gasteiger partial charge in [0.05, 0.1) is 16.6 Å². The average Bonchev–Trinajstić information content (AvgIpc) is 3.92. The molecule has 0 saturated carbocycles. The van der Waals surface area contributed by atoms with Crippen molar-refractivity contribution < 1.29 is 4.42 Å². The van der Waals surface area contributed by atoms with Crippen LogP contribution in [0.4, 0.5) is 0 Å². The Balaban J connectivity index is 1.15. The van der Waals surface area contributed by atoms with Crippen LogP contribution in [0, 0.1) is 0 Å². The quantitative estimate of drug-likeness (QED) is 0.113. The van der Waals surface area contributed by atoms with Crippen molar-refractivity contribution in [1.82, 2.24) is 19.5 Å². The molecule has 0 bridgehead atoms. The van der Waals surface area contributed by atoms with Gasteiger partial charge in [-0.2, -0.15) is 9.97 Å². The van der Waals surface area contributed by atoms with E-state index in [0.29, 0.717) is 17.6 Å². The maximum atomic E-state index is 6.63. The van der Waals surface area contributed by atoms with Crippen LogP contribution in [-0.2, 0) is 0 Å². The number of hydrogen-bond acceptors (Lipinski definition) is 4. The molecule has 0 amide bonds. The Morgan fingerprint density at radius 3 is 1.59 bits per heavy atom. The Labute approximate surface area is 365 Å². The summed E-state index contributed by atoms with van der Waals surface area (Å²) < 4.78 is 8.83. The van der Waals surface area contributed by atoms with Gasteiger partial charge in [-0.15, -0.1) is 0 Å². The second kappa shape index (κ2) is 15.1. The Morgan fingerprint density at radius 2 is 0.873 bits per heavy atom. The Morgan fingerprint density at radius 1 is 0.365 bits per heavy atom. The van der Waals surface area contributed by atoms with Crippen LogP contribution in [0.25, 0.3) is 83.6 Å². The minimum Gasteiger partial charge on any atom is -0.455 e. The summed E-state index contributed by atoms with van der Waals surface area (Å²) in [6.45, 7) is 0. The summed E-state index contributed by atoms with van der Waals surface area (Å²) in [7, 11) is -2.87. The number of rotatable bonds is 8. The zero-order chi connectivity index (χ0) is 41.7. The summed E-state index contributed by atoms with van der Waals surface area (Å²) in [5.74, 6) is 1.64. The van der Waals surface area contributed by atoms with Crippen LogP contribution in [0.5, 0.6) is 0 Å². The third kappa shape index (κ3) is 5.95. The number of nitrogens with zero attached hydrogens (tertiary/aromatic N) is 4. The lowest BCUT2D eigenvalue weighted by Crippen LogP contribution is -2.74. The van der Waals surface area contributed by atoms with Gasteiger partial charge in [0.15, 0.2) is 19.7 Å². The number of para-hydroxylation sites is 3. The minimum atomic E-state index is -2.87. The molecule has 0 atom stereocenters. The van der Waals surface area contributed by atoms with Crippen LogP contribution < -0.4 is 20.7 Å². The molecule has 9 aromatic carbocycles. The molecule has 0 saturated heterocycles. The summed E-state index contributed by atoms with van der Waals surface area (Å²) in [6.07, 6.45) is 0. The van der Waals surface area contributed by atoms with E-state index in [1.165, 1.54) is 20.7 Å². The summed E-state index contributed by atoms with van der Waals surface area (Å²) in [4.78, 5) is 16.3. The topological polar surface area (TPSA) is 56.7 Å². The number of hydrogen-bond donors (Lipinski definition) is 0. The molecule has 3 heterocycles. The maximum absolute atomic E-state index is 6.63. The average molecular weight is 823 g/mol. The molecule has 0 N–H and O–H groups in total. The summed E-state index contributed by atoms with van der Waals surface area (Å²) in [5.41, 5.74) is 7.60. The highest BCUT2D eigenvalue weighted by molar-refractivity contribution is 7.19. The van der Waals surface area contributed by atoms with Gasteiger partial charge in [0.2, 0.25) is 5.95 Å². The van der Waals surface area contributed by atoms with Gasteiger partial charge in [0, 0.05) is 27.1 Å². The maximum Gasteiger partial charge on any atom is 0.238 e. The van der Waals surface area contributed by atoms with E-state index in [2.05, 4.69) is 217 Å². The molecule has 12 aromatic rings. The summed E-state index contributed by atoms with van der Waals surface area (Å²) in [6, 6.07) is 81.9. The van der Waals surface area contributed by atoms with Gasteiger partial charge in [-0.25, -0.2) is 4.98 Å². The number of aromatic nitrogens is 4. The van der Waals surface area contributed by atoms with Crippen LogP contribution in [-0.4, -0.2) is 27.6 Å². The van der Waals surface area contributed by atoms with Gasteiger partial charge < -0.3 is 4.42 Å². The van der Waals surface area contributed by atoms with Crippen LogP contribution in [0.3, 0.4) is 0 Å². The van der Waals surface area contributed by atoms with Crippen LogP contribution in [0.1, 0.15) is 0 Å². The fourth-order valence-electron chi connectivity index (χ4n) is 9.69. The minimum absolute atomic E-state index is 0.530. The van der Waals surface area contributed by atoms with Crippen molar-refractivity contribution >= 4 is 72.6 Å². The lowest BCUT2D eigenvalue weighted by Gasteiger charge is -2.34. The highest BCUT2D eigenvalue weighted by Gasteiger charge is 2.41. The molecule has 0 fully saturated rings. The number of fused-ring (bicyclic) bond motifs is 6. The molecule has 6 heteroatoms. The predicted molar refractivity (Wildman–Crippen MR) is 261 cm³/mol. The molecule has 0 spiro atoms. The SMILES string of the molecule is c1ccc(-c2cccc3c2c2ccccc2n3-c2nc(-c3cccc([Si](c4ccccc4)(c4ccccc4)c4ccccc4)c3)nc(-c3cccc4c3oc3ccccc34)n2)cc1. The molecule has 0 aliphatic rings. The molecule has 5 nitrogen and oxygen atoms in total. The zero-order valence-electron chi connectivity index (χ0n) is 34.1. The third-order valence-electron chi connectivity index (χ3n) is 12.4. The zero-order valence-corrected chi connectivity index (χ0v) is 35.1. The van der Waals surface area contributed by atoms with Gasteiger partial charge in [0.25, 0.3) is 0 Å². The number of benzene rings is 9. The first-order valence-electron chi connectivity index (χ1n) is 21.3. The molecule has 3 aromatic heterocycles. The summed E-state index contributed by atoms with van der Waals surface area (Å²) in [5, 5.41) is 9.47. The van der Waals surface area contributed by atoms with Crippen molar-refractivity contribution in [2.24, 2.45) is 0 Å². The largest absolute Gasteiger partial charge is 0.455 e. The number of furan rings is 1. The highest BCUT2D eigenvalue weighted by atomic mass is 28.3. The van der Waals surface area contributed by atoms with Gasteiger partial charge in [-0.1, -0.05) is 206 Å². The first-order valence-corrected chi connectivity index (χ1v) is 23.3. The molecule has 0 unspecified atom stereocenters. The normalized spacial score (nSPS) is 11.8. The van der Waals surface area contributed by atoms with E-state index in [4.69, 9.17) is 19.4 Å².